The van der Waals surface area contributed by atoms with Crippen LogP contribution in [-0.4, -0.2) is 50.3 Å². The molecule has 5 nitrogen and oxygen atoms in total. The Hall–Kier alpha value is -1.59. The van der Waals surface area contributed by atoms with Gasteiger partial charge in [-0.05, 0) is 24.1 Å². The molecule has 0 aliphatic carbocycles. The van der Waals surface area contributed by atoms with Gasteiger partial charge in [-0.25, -0.2) is 0 Å². The number of nitrogens with zero attached hydrogens (tertiary/aromatic N) is 1. The minimum absolute atomic E-state index is 0.00434. The van der Waals surface area contributed by atoms with E-state index in [-0.39, 0.29) is 24.0 Å². The van der Waals surface area contributed by atoms with E-state index in [2.05, 4.69) is 22.3 Å². The minimum atomic E-state index is -0.00434. The number of morpholine rings is 1. The summed E-state index contributed by atoms with van der Waals surface area (Å²) in [6.45, 7) is 2.57. The van der Waals surface area contributed by atoms with Gasteiger partial charge in [-0.15, -0.1) is 0 Å². The van der Waals surface area contributed by atoms with Crippen LogP contribution in [0.4, 0.5) is 0 Å². The van der Waals surface area contributed by atoms with Gasteiger partial charge >= 0.3 is 0 Å². The van der Waals surface area contributed by atoms with E-state index in [1.165, 1.54) is 5.56 Å². The number of fused-ring (bicyclic) bond motifs is 2. The van der Waals surface area contributed by atoms with Crippen molar-refractivity contribution in [2.45, 2.75) is 25.2 Å². The summed E-state index contributed by atoms with van der Waals surface area (Å²) in [5.41, 5.74) is 1.23. The van der Waals surface area contributed by atoms with Gasteiger partial charge in [0.2, 0.25) is 5.91 Å². The zero-order valence-corrected chi connectivity index (χ0v) is 12.5. The van der Waals surface area contributed by atoms with E-state index in [1.807, 2.05) is 12.1 Å². The highest BCUT2D eigenvalue weighted by atomic mass is 16.5. The van der Waals surface area contributed by atoms with Crippen LogP contribution in [-0.2, 0) is 16.1 Å². The van der Waals surface area contributed by atoms with Gasteiger partial charge in [-0.1, -0.05) is 12.1 Å². The van der Waals surface area contributed by atoms with E-state index in [1.54, 1.807) is 14.2 Å². The quantitative estimate of drug-likeness (QED) is 0.900. The number of carbonyl (C=O) groups excluding carboxylic acids is 1. The first-order valence-electron chi connectivity index (χ1n) is 7.42. The van der Waals surface area contributed by atoms with Gasteiger partial charge in [-0.3, -0.25) is 9.69 Å². The fourth-order valence-electron chi connectivity index (χ4n) is 3.36. The maximum atomic E-state index is 11.9. The highest BCUT2D eigenvalue weighted by Gasteiger charge is 2.44. The van der Waals surface area contributed by atoms with Crippen molar-refractivity contribution in [3.63, 3.8) is 0 Å². The molecule has 2 aliphatic heterocycles. The van der Waals surface area contributed by atoms with Gasteiger partial charge < -0.3 is 14.8 Å². The fraction of sp³-hybridized carbons (Fsp3) is 0.562. The molecule has 3 atom stereocenters. The zero-order chi connectivity index (χ0) is 14.8. The maximum absolute atomic E-state index is 11.9. The van der Waals surface area contributed by atoms with E-state index in [9.17, 15) is 4.79 Å². The van der Waals surface area contributed by atoms with Crippen molar-refractivity contribution in [1.29, 1.82) is 0 Å². The topological polar surface area (TPSA) is 50.8 Å². The molecule has 3 rings (SSSR count). The standard InChI is InChI=1S/C16H22N2O3/c1-17-16(19)14-7-13-9-18(10-15(14)21-13)8-11-4-3-5-12(6-11)20-2/h3-6,13-15H,7-10H2,1-2H3,(H,17,19)/t13-,14+,15-/m1/s1. The molecule has 1 aromatic carbocycles. The molecule has 1 N–H and O–H groups in total. The summed E-state index contributed by atoms with van der Waals surface area (Å²) in [6, 6.07) is 8.13. The summed E-state index contributed by atoms with van der Waals surface area (Å²) in [4.78, 5) is 14.3. The Bertz CT molecular complexity index is 520. The molecule has 5 heteroatoms. The van der Waals surface area contributed by atoms with Crippen molar-refractivity contribution < 1.29 is 14.3 Å². The zero-order valence-electron chi connectivity index (χ0n) is 12.5. The van der Waals surface area contributed by atoms with Crippen molar-refractivity contribution >= 4 is 5.91 Å². The molecule has 0 unspecified atom stereocenters. The number of amides is 1. The lowest BCUT2D eigenvalue weighted by atomic mass is 10.00. The molecule has 2 fully saturated rings. The van der Waals surface area contributed by atoms with Crippen LogP contribution in [0.15, 0.2) is 24.3 Å². The molecule has 0 aromatic heterocycles. The van der Waals surface area contributed by atoms with Gasteiger partial charge in [0.15, 0.2) is 0 Å². The molecule has 0 radical (unpaired) electrons. The second-order valence-electron chi connectivity index (χ2n) is 5.80. The number of likely N-dealkylation sites (tertiary alicyclic amines) is 1. The van der Waals surface area contributed by atoms with E-state index < -0.39 is 0 Å². The smallest absolute Gasteiger partial charge is 0.225 e. The Labute approximate surface area is 125 Å². The average Bonchev–Trinajstić information content (AvgIpc) is 2.81. The van der Waals surface area contributed by atoms with Gasteiger partial charge in [0.05, 0.1) is 25.2 Å². The van der Waals surface area contributed by atoms with Crippen molar-refractivity contribution in [3.05, 3.63) is 29.8 Å². The second kappa shape index (κ2) is 6.03. The summed E-state index contributed by atoms with van der Waals surface area (Å²) in [6.07, 6.45) is 1.03. The summed E-state index contributed by atoms with van der Waals surface area (Å²) < 4.78 is 11.2. The van der Waals surface area contributed by atoms with Crippen LogP contribution in [0.25, 0.3) is 0 Å². The first kappa shape index (κ1) is 14.4. The first-order valence-corrected chi connectivity index (χ1v) is 7.42. The molecular weight excluding hydrogens is 268 g/mol. The number of ether oxygens (including phenoxy) is 2. The van der Waals surface area contributed by atoms with Crippen LogP contribution in [0.3, 0.4) is 0 Å². The van der Waals surface area contributed by atoms with Crippen molar-refractivity contribution in [3.8, 4) is 5.75 Å². The van der Waals surface area contributed by atoms with Gasteiger partial charge in [0.1, 0.15) is 5.75 Å². The Morgan fingerprint density at radius 3 is 3.10 bits per heavy atom. The highest BCUT2D eigenvalue weighted by molar-refractivity contribution is 5.79. The number of benzene rings is 1. The van der Waals surface area contributed by atoms with Gasteiger partial charge in [0, 0.05) is 26.7 Å². The number of hydrogen-bond acceptors (Lipinski definition) is 4. The molecular formula is C16H22N2O3. The molecule has 21 heavy (non-hydrogen) atoms. The average molecular weight is 290 g/mol. The van der Waals surface area contributed by atoms with Crippen LogP contribution < -0.4 is 10.1 Å². The monoisotopic (exact) mass is 290 g/mol. The fourth-order valence-corrected chi connectivity index (χ4v) is 3.36. The molecule has 2 heterocycles. The third-order valence-corrected chi connectivity index (χ3v) is 4.36. The third kappa shape index (κ3) is 3.04. The van der Waals surface area contributed by atoms with Crippen LogP contribution in [0.1, 0.15) is 12.0 Å². The molecule has 1 aromatic rings. The van der Waals surface area contributed by atoms with E-state index in [4.69, 9.17) is 9.47 Å². The number of hydrogen-bond donors (Lipinski definition) is 1. The Balaban J connectivity index is 1.65. The van der Waals surface area contributed by atoms with E-state index >= 15 is 0 Å². The second-order valence-corrected chi connectivity index (χ2v) is 5.80. The Morgan fingerprint density at radius 2 is 2.33 bits per heavy atom. The molecule has 0 saturated carbocycles. The van der Waals surface area contributed by atoms with Crippen molar-refractivity contribution in [1.82, 2.24) is 10.2 Å². The SMILES string of the molecule is CNC(=O)[C@H]1C[C@@H]2CN(Cc3cccc(OC)c3)C[C@H]1O2. The van der Waals surface area contributed by atoms with Gasteiger partial charge in [0.25, 0.3) is 0 Å². The van der Waals surface area contributed by atoms with Crippen LogP contribution in [0, 0.1) is 5.92 Å². The number of nitrogens with one attached hydrogen (secondary N) is 1. The number of rotatable bonds is 4. The lowest BCUT2D eigenvalue weighted by Crippen LogP contribution is -2.44. The number of carbonyl (C=O) groups is 1. The molecule has 2 bridgehead atoms. The predicted molar refractivity (Wildman–Crippen MR) is 79.1 cm³/mol. The van der Waals surface area contributed by atoms with Crippen molar-refractivity contribution in [2.75, 3.05) is 27.2 Å². The summed E-state index contributed by atoms with van der Waals surface area (Å²) in [5.74, 6) is 0.980. The van der Waals surface area contributed by atoms with Gasteiger partial charge in [-0.2, -0.15) is 0 Å². The van der Waals surface area contributed by atoms with Crippen LogP contribution in [0.5, 0.6) is 5.75 Å². The maximum Gasteiger partial charge on any atom is 0.225 e. The lowest BCUT2D eigenvalue weighted by Gasteiger charge is -2.32. The highest BCUT2D eigenvalue weighted by Crippen LogP contribution is 2.32. The first-order chi connectivity index (χ1) is 10.2. The summed E-state index contributed by atoms with van der Waals surface area (Å²) in [7, 11) is 3.38. The number of methoxy groups -OCH3 is 1. The molecule has 2 saturated heterocycles. The summed E-state index contributed by atoms with van der Waals surface area (Å²) >= 11 is 0. The molecule has 114 valence electrons. The minimum Gasteiger partial charge on any atom is -0.497 e. The molecule has 1 amide bonds. The molecule has 2 aliphatic rings. The Kier molecular flexibility index (Phi) is 4.12. The third-order valence-electron chi connectivity index (χ3n) is 4.36. The lowest BCUT2D eigenvalue weighted by molar-refractivity contribution is -0.127. The van der Waals surface area contributed by atoms with Crippen molar-refractivity contribution in [2.24, 2.45) is 5.92 Å². The van der Waals surface area contributed by atoms with Crippen LogP contribution in [0.2, 0.25) is 0 Å². The largest absolute Gasteiger partial charge is 0.497 e. The van der Waals surface area contributed by atoms with E-state index in [0.29, 0.717) is 0 Å². The van der Waals surface area contributed by atoms with Crippen LogP contribution >= 0.6 is 0 Å². The normalized spacial score (nSPS) is 28.4. The predicted octanol–water partition coefficient (Wildman–Crippen LogP) is 1.03. The Morgan fingerprint density at radius 1 is 1.48 bits per heavy atom. The molecule has 0 spiro atoms. The summed E-state index contributed by atoms with van der Waals surface area (Å²) in [5, 5.41) is 2.75. The van der Waals surface area contributed by atoms with E-state index in [0.717, 1.165) is 31.8 Å².